The molecule has 0 aromatic heterocycles. The minimum Gasteiger partial charge on any atom is -0.323 e. The summed E-state index contributed by atoms with van der Waals surface area (Å²) in [7, 11) is 0. The predicted octanol–water partition coefficient (Wildman–Crippen LogP) is 2.05. The number of benzene rings is 1. The van der Waals surface area contributed by atoms with Crippen LogP contribution in [0.15, 0.2) is 18.2 Å². The lowest BCUT2D eigenvalue weighted by molar-refractivity contribution is 0.618. The second-order valence-corrected chi connectivity index (χ2v) is 3.03. The van der Waals surface area contributed by atoms with Gasteiger partial charge in [0.1, 0.15) is 5.82 Å². The maximum Gasteiger partial charge on any atom is 0.123 e. The van der Waals surface area contributed by atoms with E-state index in [4.69, 9.17) is 11.0 Å². The summed E-state index contributed by atoms with van der Waals surface area (Å²) in [5.74, 6) is -0.302. The molecule has 0 amide bonds. The molecule has 1 atom stereocenters. The van der Waals surface area contributed by atoms with Crippen molar-refractivity contribution in [1.29, 1.82) is 5.26 Å². The molecule has 0 aliphatic heterocycles. The summed E-state index contributed by atoms with van der Waals surface area (Å²) in [4.78, 5) is 0. The first-order valence-electron chi connectivity index (χ1n) is 4.03. The molecule has 68 valence electrons. The van der Waals surface area contributed by atoms with Gasteiger partial charge in [0.05, 0.1) is 12.5 Å². The SMILES string of the molecule is Cc1cc(F)cc([C@@H](N)CC#N)c1. The first-order valence-corrected chi connectivity index (χ1v) is 4.03. The van der Waals surface area contributed by atoms with Crippen LogP contribution in [0.3, 0.4) is 0 Å². The molecule has 0 unspecified atom stereocenters. The molecule has 13 heavy (non-hydrogen) atoms. The van der Waals surface area contributed by atoms with Crippen molar-refractivity contribution >= 4 is 0 Å². The van der Waals surface area contributed by atoms with E-state index in [9.17, 15) is 4.39 Å². The van der Waals surface area contributed by atoms with Crippen molar-refractivity contribution < 1.29 is 4.39 Å². The van der Waals surface area contributed by atoms with E-state index in [0.717, 1.165) is 5.56 Å². The van der Waals surface area contributed by atoms with E-state index in [-0.39, 0.29) is 18.3 Å². The van der Waals surface area contributed by atoms with Gasteiger partial charge in [-0.1, -0.05) is 6.07 Å². The number of halogens is 1. The molecule has 0 heterocycles. The van der Waals surface area contributed by atoms with Gasteiger partial charge in [0.2, 0.25) is 0 Å². The highest BCUT2D eigenvalue weighted by molar-refractivity contribution is 5.26. The summed E-state index contributed by atoms with van der Waals surface area (Å²) in [5, 5.41) is 8.41. The van der Waals surface area contributed by atoms with Crippen LogP contribution in [-0.2, 0) is 0 Å². The number of rotatable bonds is 2. The largest absolute Gasteiger partial charge is 0.323 e. The van der Waals surface area contributed by atoms with Crippen LogP contribution in [0.25, 0.3) is 0 Å². The highest BCUT2D eigenvalue weighted by atomic mass is 19.1. The van der Waals surface area contributed by atoms with Gasteiger partial charge >= 0.3 is 0 Å². The standard InChI is InChI=1S/C10H11FN2/c1-7-4-8(6-9(11)5-7)10(13)2-3-12/h4-6,10H,2,13H2,1H3/t10-/m0/s1. The summed E-state index contributed by atoms with van der Waals surface area (Å²) in [6, 6.07) is 6.17. The van der Waals surface area contributed by atoms with Crippen molar-refractivity contribution in [1.82, 2.24) is 0 Å². The molecule has 3 heteroatoms. The molecule has 1 aromatic carbocycles. The van der Waals surface area contributed by atoms with Crippen LogP contribution in [0.4, 0.5) is 4.39 Å². The molecule has 0 radical (unpaired) electrons. The van der Waals surface area contributed by atoms with Crippen LogP contribution < -0.4 is 5.73 Å². The summed E-state index contributed by atoms with van der Waals surface area (Å²) < 4.78 is 12.9. The summed E-state index contributed by atoms with van der Waals surface area (Å²) in [5.41, 5.74) is 7.16. The predicted molar refractivity (Wildman–Crippen MR) is 48.3 cm³/mol. The normalized spacial score (nSPS) is 12.2. The molecule has 1 aromatic rings. The van der Waals surface area contributed by atoms with Gasteiger partial charge in [-0.2, -0.15) is 5.26 Å². The smallest absolute Gasteiger partial charge is 0.123 e. The molecule has 2 nitrogen and oxygen atoms in total. The zero-order valence-electron chi connectivity index (χ0n) is 7.42. The number of nitrogens with two attached hydrogens (primary N) is 1. The summed E-state index contributed by atoms with van der Waals surface area (Å²) in [6.45, 7) is 1.80. The van der Waals surface area contributed by atoms with Crippen LogP contribution >= 0.6 is 0 Å². The Balaban J connectivity index is 2.95. The average Bonchev–Trinajstić information content (AvgIpc) is 2.03. The average molecular weight is 178 g/mol. The summed E-state index contributed by atoms with van der Waals surface area (Å²) in [6.07, 6.45) is 0.211. The van der Waals surface area contributed by atoms with E-state index in [1.165, 1.54) is 12.1 Å². The van der Waals surface area contributed by atoms with E-state index >= 15 is 0 Å². The minimum atomic E-state index is -0.389. The Morgan fingerprint density at radius 1 is 1.54 bits per heavy atom. The van der Waals surface area contributed by atoms with Crippen LogP contribution in [0, 0.1) is 24.1 Å². The van der Waals surface area contributed by atoms with E-state index in [1.807, 2.05) is 6.07 Å². The van der Waals surface area contributed by atoms with Crippen LogP contribution in [0.1, 0.15) is 23.6 Å². The number of nitriles is 1. The van der Waals surface area contributed by atoms with Crippen molar-refractivity contribution in [2.45, 2.75) is 19.4 Å². The highest BCUT2D eigenvalue weighted by Crippen LogP contribution is 2.16. The van der Waals surface area contributed by atoms with Gasteiger partial charge in [-0.05, 0) is 30.2 Å². The van der Waals surface area contributed by atoms with Crippen LogP contribution in [0.2, 0.25) is 0 Å². The number of hydrogen-bond donors (Lipinski definition) is 1. The van der Waals surface area contributed by atoms with Gasteiger partial charge in [0.15, 0.2) is 0 Å². The van der Waals surface area contributed by atoms with Crippen molar-refractivity contribution in [3.05, 3.63) is 35.1 Å². The van der Waals surface area contributed by atoms with Crippen molar-refractivity contribution in [3.63, 3.8) is 0 Å². The Hall–Kier alpha value is -1.40. The molecule has 0 saturated heterocycles. The zero-order chi connectivity index (χ0) is 9.84. The molecule has 0 saturated carbocycles. The van der Waals surface area contributed by atoms with E-state index < -0.39 is 0 Å². The Morgan fingerprint density at radius 3 is 2.77 bits per heavy atom. The Bertz CT molecular complexity index is 321. The zero-order valence-corrected chi connectivity index (χ0v) is 7.42. The monoisotopic (exact) mass is 178 g/mol. The van der Waals surface area contributed by atoms with Crippen LogP contribution in [0.5, 0.6) is 0 Å². The van der Waals surface area contributed by atoms with Gasteiger partial charge in [0.25, 0.3) is 0 Å². The van der Waals surface area contributed by atoms with Gasteiger partial charge in [-0.25, -0.2) is 4.39 Å². The van der Waals surface area contributed by atoms with E-state index in [0.29, 0.717) is 5.56 Å². The van der Waals surface area contributed by atoms with Gasteiger partial charge in [0, 0.05) is 6.04 Å². The molecule has 2 N–H and O–H groups in total. The third-order valence-corrected chi connectivity index (χ3v) is 1.80. The number of hydrogen-bond acceptors (Lipinski definition) is 2. The molecule has 0 aliphatic carbocycles. The molecule has 0 fully saturated rings. The Morgan fingerprint density at radius 2 is 2.23 bits per heavy atom. The number of nitrogens with zero attached hydrogens (tertiary/aromatic N) is 1. The van der Waals surface area contributed by atoms with Crippen molar-refractivity contribution in [2.75, 3.05) is 0 Å². The minimum absolute atomic E-state index is 0.211. The van der Waals surface area contributed by atoms with Crippen LogP contribution in [-0.4, -0.2) is 0 Å². The maximum absolute atomic E-state index is 12.9. The lowest BCUT2D eigenvalue weighted by Crippen LogP contribution is -2.09. The second-order valence-electron chi connectivity index (χ2n) is 3.03. The van der Waals surface area contributed by atoms with Crippen molar-refractivity contribution in [2.24, 2.45) is 5.73 Å². The highest BCUT2D eigenvalue weighted by Gasteiger charge is 2.06. The van der Waals surface area contributed by atoms with E-state index in [2.05, 4.69) is 0 Å². The lowest BCUT2D eigenvalue weighted by Gasteiger charge is -2.08. The third-order valence-electron chi connectivity index (χ3n) is 1.80. The molecular formula is C10H11FN2. The molecule has 0 aliphatic rings. The first-order chi connectivity index (χ1) is 6.13. The topological polar surface area (TPSA) is 49.8 Å². The Kier molecular flexibility index (Phi) is 2.99. The lowest BCUT2D eigenvalue weighted by atomic mass is 10.0. The second kappa shape index (κ2) is 4.01. The maximum atomic E-state index is 12.9. The molecule has 0 spiro atoms. The molecule has 0 bridgehead atoms. The fourth-order valence-corrected chi connectivity index (χ4v) is 1.19. The van der Waals surface area contributed by atoms with Gasteiger partial charge in [-0.15, -0.1) is 0 Å². The number of aryl methyl sites for hydroxylation is 1. The summed E-state index contributed by atoms with van der Waals surface area (Å²) >= 11 is 0. The van der Waals surface area contributed by atoms with Gasteiger partial charge < -0.3 is 5.73 Å². The fraction of sp³-hybridized carbons (Fsp3) is 0.300. The van der Waals surface area contributed by atoms with E-state index in [1.54, 1.807) is 13.0 Å². The van der Waals surface area contributed by atoms with Crippen molar-refractivity contribution in [3.8, 4) is 6.07 Å². The van der Waals surface area contributed by atoms with Gasteiger partial charge in [-0.3, -0.25) is 0 Å². The first kappa shape index (κ1) is 9.69. The molecule has 1 rings (SSSR count). The molecular weight excluding hydrogens is 167 g/mol. The fourth-order valence-electron chi connectivity index (χ4n) is 1.19. The quantitative estimate of drug-likeness (QED) is 0.753. The Labute approximate surface area is 76.8 Å². The third kappa shape index (κ3) is 2.53.